The van der Waals surface area contributed by atoms with Crippen LogP contribution in [0, 0.1) is 0 Å². The van der Waals surface area contributed by atoms with Gasteiger partial charge in [-0.2, -0.15) is 0 Å². The van der Waals surface area contributed by atoms with Gasteiger partial charge in [-0.3, -0.25) is 4.79 Å². The van der Waals surface area contributed by atoms with Crippen molar-refractivity contribution in [2.45, 2.75) is 96.6 Å². The van der Waals surface area contributed by atoms with Crippen molar-refractivity contribution in [1.29, 1.82) is 0 Å². The molecule has 0 aliphatic heterocycles. The summed E-state index contributed by atoms with van der Waals surface area (Å²) >= 11 is 0. The van der Waals surface area contributed by atoms with Crippen molar-refractivity contribution in [3.05, 3.63) is 29.8 Å². The standard InChI is InChI=1S/C22H37NO3/c1-3-4-5-6-7-8-9-10-11-12-22(26)21(23-18(2)24)17-19-13-15-20(25)16-14-19/h13-16,21-22,25-26H,3-12,17H2,1-2H3,(H,23,24)/t21-,22+/m0/s1. The highest BCUT2D eigenvalue weighted by Gasteiger charge is 2.20. The molecule has 148 valence electrons. The van der Waals surface area contributed by atoms with E-state index in [1.807, 2.05) is 12.1 Å². The van der Waals surface area contributed by atoms with Crippen molar-refractivity contribution in [3.63, 3.8) is 0 Å². The molecule has 1 rings (SSSR count). The zero-order chi connectivity index (χ0) is 19.2. The fourth-order valence-corrected chi connectivity index (χ4v) is 3.30. The quantitative estimate of drug-likeness (QED) is 0.419. The number of rotatable bonds is 14. The minimum absolute atomic E-state index is 0.125. The molecule has 0 saturated carbocycles. The van der Waals surface area contributed by atoms with Crippen LogP contribution in [0.4, 0.5) is 0 Å². The molecule has 0 unspecified atom stereocenters. The summed E-state index contributed by atoms with van der Waals surface area (Å²) in [4.78, 5) is 11.5. The van der Waals surface area contributed by atoms with E-state index in [0.717, 1.165) is 18.4 Å². The molecule has 4 nitrogen and oxygen atoms in total. The third kappa shape index (κ3) is 10.4. The Kier molecular flexibility index (Phi) is 11.8. The average molecular weight is 364 g/mol. The van der Waals surface area contributed by atoms with E-state index in [1.165, 1.54) is 51.9 Å². The Bertz CT molecular complexity index is 487. The average Bonchev–Trinajstić information content (AvgIpc) is 2.61. The Hall–Kier alpha value is -1.55. The van der Waals surface area contributed by atoms with Crippen LogP contribution in [0.25, 0.3) is 0 Å². The Morgan fingerprint density at radius 2 is 1.50 bits per heavy atom. The van der Waals surface area contributed by atoms with Crippen LogP contribution in [0.2, 0.25) is 0 Å². The Morgan fingerprint density at radius 1 is 0.962 bits per heavy atom. The van der Waals surface area contributed by atoms with Gasteiger partial charge in [0.25, 0.3) is 0 Å². The van der Waals surface area contributed by atoms with Gasteiger partial charge in [0, 0.05) is 6.92 Å². The summed E-state index contributed by atoms with van der Waals surface area (Å²) in [6.45, 7) is 3.72. The van der Waals surface area contributed by atoms with Crippen LogP contribution in [0.5, 0.6) is 5.75 Å². The third-order valence-corrected chi connectivity index (χ3v) is 4.85. The Labute approximate surface area is 159 Å². The number of phenolic OH excluding ortho intramolecular Hbond substituents is 1. The molecule has 4 heteroatoms. The van der Waals surface area contributed by atoms with Crippen LogP contribution in [-0.4, -0.2) is 28.3 Å². The second-order valence-corrected chi connectivity index (χ2v) is 7.36. The van der Waals surface area contributed by atoms with E-state index in [9.17, 15) is 15.0 Å². The number of aliphatic hydroxyl groups is 1. The van der Waals surface area contributed by atoms with Gasteiger partial charge in [0.2, 0.25) is 5.91 Å². The molecule has 0 fully saturated rings. The van der Waals surface area contributed by atoms with Crippen molar-refractivity contribution in [2.24, 2.45) is 0 Å². The number of nitrogens with one attached hydrogen (secondary N) is 1. The van der Waals surface area contributed by atoms with Gasteiger partial charge in [-0.05, 0) is 30.5 Å². The molecule has 0 aliphatic rings. The largest absolute Gasteiger partial charge is 0.508 e. The Balaban J connectivity index is 2.28. The predicted molar refractivity (Wildman–Crippen MR) is 107 cm³/mol. The molecule has 0 aromatic heterocycles. The molecular weight excluding hydrogens is 326 g/mol. The topological polar surface area (TPSA) is 69.6 Å². The van der Waals surface area contributed by atoms with Crippen LogP contribution in [0.1, 0.15) is 83.6 Å². The summed E-state index contributed by atoms with van der Waals surface area (Å²) in [5.74, 6) is 0.0972. The molecule has 1 aromatic carbocycles. The van der Waals surface area contributed by atoms with Crippen LogP contribution in [0.15, 0.2) is 24.3 Å². The summed E-state index contributed by atoms with van der Waals surface area (Å²) < 4.78 is 0. The van der Waals surface area contributed by atoms with E-state index in [-0.39, 0.29) is 17.7 Å². The van der Waals surface area contributed by atoms with Gasteiger partial charge < -0.3 is 15.5 Å². The number of hydrogen-bond acceptors (Lipinski definition) is 3. The lowest BCUT2D eigenvalue weighted by atomic mass is 9.96. The lowest BCUT2D eigenvalue weighted by Crippen LogP contribution is -2.43. The second kappa shape index (κ2) is 13.6. The van der Waals surface area contributed by atoms with Crippen molar-refractivity contribution in [3.8, 4) is 5.75 Å². The lowest BCUT2D eigenvalue weighted by Gasteiger charge is -2.24. The number of aliphatic hydroxyl groups excluding tert-OH is 1. The molecular formula is C22H37NO3. The first-order valence-electron chi connectivity index (χ1n) is 10.3. The fourth-order valence-electron chi connectivity index (χ4n) is 3.30. The van der Waals surface area contributed by atoms with Gasteiger partial charge in [-0.1, -0.05) is 76.8 Å². The zero-order valence-electron chi connectivity index (χ0n) is 16.5. The molecule has 2 atom stereocenters. The molecule has 1 aromatic rings. The SMILES string of the molecule is CCCCCCCCCCC[C@@H](O)[C@H](Cc1ccc(O)cc1)NC(C)=O. The van der Waals surface area contributed by atoms with E-state index in [2.05, 4.69) is 12.2 Å². The first kappa shape index (κ1) is 22.5. The number of benzene rings is 1. The van der Waals surface area contributed by atoms with Crippen molar-refractivity contribution < 1.29 is 15.0 Å². The number of phenols is 1. The summed E-state index contributed by atoms with van der Waals surface area (Å²) in [5.41, 5.74) is 0.993. The molecule has 1 amide bonds. The summed E-state index contributed by atoms with van der Waals surface area (Å²) in [7, 11) is 0. The highest BCUT2D eigenvalue weighted by atomic mass is 16.3. The van der Waals surface area contributed by atoms with Crippen LogP contribution in [-0.2, 0) is 11.2 Å². The summed E-state index contributed by atoms with van der Waals surface area (Å²) in [5, 5.41) is 22.8. The van der Waals surface area contributed by atoms with E-state index in [0.29, 0.717) is 12.8 Å². The molecule has 0 saturated heterocycles. The zero-order valence-corrected chi connectivity index (χ0v) is 16.5. The number of aromatic hydroxyl groups is 1. The maximum Gasteiger partial charge on any atom is 0.217 e. The number of carbonyl (C=O) groups is 1. The number of carbonyl (C=O) groups excluding carboxylic acids is 1. The van der Waals surface area contributed by atoms with Crippen LogP contribution < -0.4 is 5.32 Å². The number of amides is 1. The second-order valence-electron chi connectivity index (χ2n) is 7.36. The maximum atomic E-state index is 11.5. The first-order chi connectivity index (χ1) is 12.5. The van der Waals surface area contributed by atoms with E-state index >= 15 is 0 Å². The highest BCUT2D eigenvalue weighted by Crippen LogP contribution is 2.16. The van der Waals surface area contributed by atoms with E-state index < -0.39 is 6.10 Å². The molecule has 0 bridgehead atoms. The molecule has 3 N–H and O–H groups in total. The van der Waals surface area contributed by atoms with E-state index in [1.54, 1.807) is 12.1 Å². The molecule has 0 aliphatic carbocycles. The van der Waals surface area contributed by atoms with Crippen LogP contribution in [0.3, 0.4) is 0 Å². The third-order valence-electron chi connectivity index (χ3n) is 4.85. The van der Waals surface area contributed by atoms with Crippen molar-refractivity contribution in [2.75, 3.05) is 0 Å². The molecule has 26 heavy (non-hydrogen) atoms. The maximum absolute atomic E-state index is 11.5. The van der Waals surface area contributed by atoms with Gasteiger partial charge in [0.05, 0.1) is 12.1 Å². The van der Waals surface area contributed by atoms with Gasteiger partial charge in [0.1, 0.15) is 5.75 Å². The number of hydrogen-bond donors (Lipinski definition) is 3. The van der Waals surface area contributed by atoms with Gasteiger partial charge >= 0.3 is 0 Å². The van der Waals surface area contributed by atoms with E-state index in [4.69, 9.17) is 0 Å². The first-order valence-corrected chi connectivity index (χ1v) is 10.3. The lowest BCUT2D eigenvalue weighted by molar-refractivity contribution is -0.120. The summed E-state index contributed by atoms with van der Waals surface area (Å²) in [6.07, 6.45) is 12.0. The number of unbranched alkanes of at least 4 members (excludes halogenated alkanes) is 8. The summed E-state index contributed by atoms with van der Waals surface area (Å²) in [6, 6.07) is 6.64. The fraction of sp³-hybridized carbons (Fsp3) is 0.682. The van der Waals surface area contributed by atoms with Crippen molar-refractivity contribution >= 4 is 5.91 Å². The smallest absolute Gasteiger partial charge is 0.217 e. The van der Waals surface area contributed by atoms with Gasteiger partial charge in [-0.15, -0.1) is 0 Å². The van der Waals surface area contributed by atoms with Crippen LogP contribution >= 0.6 is 0 Å². The minimum Gasteiger partial charge on any atom is -0.508 e. The van der Waals surface area contributed by atoms with Gasteiger partial charge in [-0.25, -0.2) is 0 Å². The monoisotopic (exact) mass is 363 g/mol. The molecule has 0 spiro atoms. The Morgan fingerprint density at radius 3 is 2.04 bits per heavy atom. The minimum atomic E-state index is -0.544. The normalized spacial score (nSPS) is 13.3. The van der Waals surface area contributed by atoms with Crippen molar-refractivity contribution in [1.82, 2.24) is 5.32 Å². The molecule has 0 radical (unpaired) electrons. The van der Waals surface area contributed by atoms with Gasteiger partial charge in [0.15, 0.2) is 0 Å². The predicted octanol–water partition coefficient (Wildman–Crippen LogP) is 4.72. The highest BCUT2D eigenvalue weighted by molar-refractivity contribution is 5.73. The molecule has 0 heterocycles.